The Balaban J connectivity index is 2.86. The molecule has 0 saturated heterocycles. The van der Waals surface area contributed by atoms with Crippen LogP contribution in [0.5, 0.6) is 0 Å². The van der Waals surface area contributed by atoms with E-state index in [0.717, 1.165) is 11.1 Å². The molecule has 5 heteroatoms. The van der Waals surface area contributed by atoms with Gasteiger partial charge in [-0.05, 0) is 32.0 Å². The first kappa shape index (κ1) is 15.1. The largest absolute Gasteiger partial charge is 0.391 e. The molecule has 0 saturated carbocycles. The van der Waals surface area contributed by atoms with Crippen molar-refractivity contribution in [3.63, 3.8) is 0 Å². The van der Waals surface area contributed by atoms with E-state index in [4.69, 9.17) is 0 Å². The number of benzene rings is 1. The molecule has 0 aliphatic carbocycles. The zero-order chi connectivity index (χ0) is 13.8. The van der Waals surface area contributed by atoms with Crippen LogP contribution >= 0.6 is 0 Å². The molecule has 102 valence electrons. The number of hydrogen-bond donors (Lipinski definition) is 2. The Labute approximate surface area is 109 Å². The average molecular weight is 271 g/mol. The lowest BCUT2D eigenvalue weighted by atomic mass is 10.2. The van der Waals surface area contributed by atoms with Gasteiger partial charge in [0, 0.05) is 6.54 Å². The van der Waals surface area contributed by atoms with Crippen molar-refractivity contribution in [2.45, 2.75) is 31.8 Å². The van der Waals surface area contributed by atoms with Gasteiger partial charge in [0.25, 0.3) is 0 Å². The maximum atomic E-state index is 12.2. The van der Waals surface area contributed by atoms with Gasteiger partial charge in [0.05, 0.1) is 16.8 Å². The normalized spacial score (nSPS) is 13.6. The molecule has 1 unspecified atom stereocenters. The summed E-state index contributed by atoms with van der Waals surface area (Å²) < 4.78 is 24.3. The van der Waals surface area contributed by atoms with Gasteiger partial charge in [-0.15, -0.1) is 0 Å². The third kappa shape index (κ3) is 4.08. The first-order valence-corrected chi connectivity index (χ1v) is 7.71. The predicted molar refractivity (Wildman–Crippen MR) is 72.5 cm³/mol. The molecule has 0 fully saturated rings. The van der Waals surface area contributed by atoms with Gasteiger partial charge >= 0.3 is 0 Å². The lowest BCUT2D eigenvalue weighted by molar-refractivity contribution is 0.194. The highest BCUT2D eigenvalue weighted by Crippen LogP contribution is 2.18. The van der Waals surface area contributed by atoms with Crippen LogP contribution in [0.4, 0.5) is 0 Å². The molecule has 0 radical (unpaired) electrons. The molecule has 0 aliphatic heterocycles. The molecule has 0 aromatic heterocycles. The molecule has 0 heterocycles. The van der Waals surface area contributed by atoms with Gasteiger partial charge in [-0.3, -0.25) is 0 Å². The quantitative estimate of drug-likeness (QED) is 0.811. The first-order valence-electron chi connectivity index (χ1n) is 6.05. The molecule has 1 aromatic carbocycles. The summed E-state index contributed by atoms with van der Waals surface area (Å²) in [6.07, 6.45) is -0.879. The van der Waals surface area contributed by atoms with Crippen LogP contribution in [0.25, 0.3) is 0 Å². The van der Waals surface area contributed by atoms with Gasteiger partial charge in [-0.25, -0.2) is 8.42 Å². The van der Waals surface area contributed by atoms with Gasteiger partial charge in [0.2, 0.25) is 0 Å². The van der Waals surface area contributed by atoms with Crippen LogP contribution in [-0.4, -0.2) is 38.5 Å². The molecule has 4 nitrogen and oxygen atoms in total. The fourth-order valence-corrected chi connectivity index (χ4v) is 3.49. The fraction of sp³-hybridized carbons (Fsp3) is 0.538. The standard InChI is InChI=1S/C13H21NO3S/c1-4-14-8-12(15)9-18(16,17)13-6-5-10(2)7-11(13)3/h5-7,12,14-15H,4,8-9H2,1-3H3. The van der Waals surface area contributed by atoms with E-state index in [2.05, 4.69) is 5.32 Å². The number of nitrogens with one attached hydrogen (secondary N) is 1. The van der Waals surface area contributed by atoms with Gasteiger partial charge < -0.3 is 10.4 Å². The Morgan fingerprint density at radius 2 is 2.00 bits per heavy atom. The molecule has 0 bridgehead atoms. The third-order valence-electron chi connectivity index (χ3n) is 2.71. The number of rotatable bonds is 6. The Morgan fingerprint density at radius 3 is 2.56 bits per heavy atom. The first-order chi connectivity index (χ1) is 8.36. The molecule has 0 spiro atoms. The molecule has 1 aromatic rings. The van der Waals surface area contributed by atoms with E-state index in [1.165, 1.54) is 0 Å². The van der Waals surface area contributed by atoms with Crippen molar-refractivity contribution < 1.29 is 13.5 Å². The van der Waals surface area contributed by atoms with Crippen LogP contribution in [0.1, 0.15) is 18.1 Å². The number of likely N-dealkylation sites (N-methyl/N-ethyl adjacent to an activating group) is 1. The fourth-order valence-electron chi connectivity index (χ4n) is 1.86. The lowest BCUT2D eigenvalue weighted by Crippen LogP contribution is -2.32. The second-order valence-electron chi connectivity index (χ2n) is 4.51. The Hall–Kier alpha value is -0.910. The van der Waals surface area contributed by atoms with Crippen molar-refractivity contribution >= 4 is 9.84 Å². The lowest BCUT2D eigenvalue weighted by Gasteiger charge is -2.13. The van der Waals surface area contributed by atoms with Gasteiger partial charge in [-0.2, -0.15) is 0 Å². The van der Waals surface area contributed by atoms with E-state index >= 15 is 0 Å². The molecule has 1 atom stereocenters. The van der Waals surface area contributed by atoms with Crippen LogP contribution in [0, 0.1) is 13.8 Å². The molecule has 18 heavy (non-hydrogen) atoms. The van der Waals surface area contributed by atoms with E-state index < -0.39 is 15.9 Å². The SMILES string of the molecule is CCNCC(O)CS(=O)(=O)c1ccc(C)cc1C. The minimum atomic E-state index is -3.43. The molecule has 1 rings (SSSR count). The highest BCUT2D eigenvalue weighted by atomic mass is 32.2. The second kappa shape index (κ2) is 6.31. The zero-order valence-electron chi connectivity index (χ0n) is 11.1. The minimum Gasteiger partial charge on any atom is -0.391 e. The summed E-state index contributed by atoms with van der Waals surface area (Å²) >= 11 is 0. The summed E-state index contributed by atoms with van der Waals surface area (Å²) in [5, 5.41) is 12.6. The van der Waals surface area contributed by atoms with Crippen LogP contribution in [0.15, 0.2) is 23.1 Å². The topological polar surface area (TPSA) is 66.4 Å². The molecule has 0 aliphatic rings. The molecular formula is C13H21NO3S. The van der Waals surface area contributed by atoms with E-state index in [-0.39, 0.29) is 5.75 Å². The van der Waals surface area contributed by atoms with Crippen LogP contribution in [-0.2, 0) is 9.84 Å². The number of sulfone groups is 1. The zero-order valence-corrected chi connectivity index (χ0v) is 11.9. The highest BCUT2D eigenvalue weighted by molar-refractivity contribution is 7.91. The van der Waals surface area contributed by atoms with Crippen molar-refractivity contribution in [1.29, 1.82) is 0 Å². The monoisotopic (exact) mass is 271 g/mol. The average Bonchev–Trinajstić information content (AvgIpc) is 2.25. The van der Waals surface area contributed by atoms with Crippen LogP contribution < -0.4 is 5.32 Å². The maximum Gasteiger partial charge on any atom is 0.181 e. The van der Waals surface area contributed by atoms with Crippen molar-refractivity contribution in [2.75, 3.05) is 18.8 Å². The minimum absolute atomic E-state index is 0.246. The van der Waals surface area contributed by atoms with E-state index in [1.807, 2.05) is 19.9 Å². The molecule has 0 amide bonds. The Morgan fingerprint density at radius 1 is 1.33 bits per heavy atom. The Bertz CT molecular complexity index is 497. The van der Waals surface area contributed by atoms with Crippen molar-refractivity contribution in [3.05, 3.63) is 29.3 Å². The number of aryl methyl sites for hydroxylation is 2. The van der Waals surface area contributed by atoms with Gasteiger partial charge in [-0.1, -0.05) is 24.6 Å². The highest BCUT2D eigenvalue weighted by Gasteiger charge is 2.21. The van der Waals surface area contributed by atoms with Gasteiger partial charge in [0.1, 0.15) is 0 Å². The van der Waals surface area contributed by atoms with E-state index in [1.54, 1.807) is 19.1 Å². The molecule has 2 N–H and O–H groups in total. The number of aliphatic hydroxyl groups excluding tert-OH is 1. The van der Waals surface area contributed by atoms with Crippen molar-refractivity contribution in [3.8, 4) is 0 Å². The van der Waals surface area contributed by atoms with E-state index in [9.17, 15) is 13.5 Å². The number of aliphatic hydroxyl groups is 1. The van der Waals surface area contributed by atoms with E-state index in [0.29, 0.717) is 18.0 Å². The maximum absolute atomic E-state index is 12.2. The van der Waals surface area contributed by atoms with Gasteiger partial charge in [0.15, 0.2) is 9.84 Å². The van der Waals surface area contributed by atoms with Crippen LogP contribution in [0.2, 0.25) is 0 Å². The van der Waals surface area contributed by atoms with Crippen LogP contribution in [0.3, 0.4) is 0 Å². The number of hydrogen-bond acceptors (Lipinski definition) is 4. The smallest absolute Gasteiger partial charge is 0.181 e. The summed E-state index contributed by atoms with van der Waals surface area (Å²) in [6, 6.07) is 5.22. The summed E-state index contributed by atoms with van der Waals surface area (Å²) in [5.74, 6) is -0.246. The summed E-state index contributed by atoms with van der Waals surface area (Å²) in [5.41, 5.74) is 1.75. The third-order valence-corrected chi connectivity index (χ3v) is 4.66. The summed E-state index contributed by atoms with van der Waals surface area (Å²) in [6.45, 7) is 6.60. The predicted octanol–water partition coefficient (Wildman–Crippen LogP) is 1.05. The second-order valence-corrected chi connectivity index (χ2v) is 6.51. The van der Waals surface area contributed by atoms with Crippen molar-refractivity contribution in [2.24, 2.45) is 0 Å². The Kier molecular flexibility index (Phi) is 5.31. The van der Waals surface area contributed by atoms with Crippen molar-refractivity contribution in [1.82, 2.24) is 5.32 Å². The molecular weight excluding hydrogens is 250 g/mol. The summed E-state index contributed by atoms with van der Waals surface area (Å²) in [7, 11) is -3.43. The summed E-state index contributed by atoms with van der Waals surface area (Å²) in [4.78, 5) is 0.309.